The van der Waals surface area contributed by atoms with Gasteiger partial charge in [0.2, 0.25) is 0 Å². The van der Waals surface area contributed by atoms with Gasteiger partial charge in [0.05, 0.1) is 63.5 Å². The maximum absolute atomic E-state index is 12.2. The van der Waals surface area contributed by atoms with Crippen LogP contribution in [0.5, 0.6) is 0 Å². The van der Waals surface area contributed by atoms with E-state index in [9.17, 15) is 39.5 Å². The van der Waals surface area contributed by atoms with Crippen LogP contribution in [-0.4, -0.2) is 78.6 Å². The summed E-state index contributed by atoms with van der Waals surface area (Å²) >= 11 is 8.75. The molecule has 0 N–H and O–H groups in total. The van der Waals surface area contributed by atoms with E-state index in [-0.39, 0.29) is 16.7 Å². The lowest BCUT2D eigenvalue weighted by Gasteiger charge is -2.10. The van der Waals surface area contributed by atoms with Gasteiger partial charge in [-0.1, -0.05) is 39.4 Å². The zero-order chi connectivity index (χ0) is 72.5. The third kappa shape index (κ3) is 31.3. The Kier molecular flexibility index (Phi) is 35.3. The van der Waals surface area contributed by atoms with Crippen LogP contribution < -0.4 is 0 Å². The molecule has 0 aliphatic rings. The molecule has 12 rings (SSSR count). The summed E-state index contributed by atoms with van der Waals surface area (Å²) in [5, 5.41) is 21.9. The molecule has 0 saturated heterocycles. The number of halogens is 10. The summed E-state index contributed by atoms with van der Waals surface area (Å²) in [6, 6.07) is 20.7. The molecule has 518 valence electrons. The maximum Gasteiger partial charge on any atom is 0.435 e. The Morgan fingerprint density at radius 3 is 1.45 bits per heavy atom. The van der Waals surface area contributed by atoms with Gasteiger partial charge < -0.3 is 18.1 Å². The van der Waals surface area contributed by atoms with Gasteiger partial charge in [-0.3, -0.25) is 19.6 Å². The monoisotopic (exact) mass is 1400 g/mol. The van der Waals surface area contributed by atoms with E-state index in [0.717, 1.165) is 74.0 Å². The lowest BCUT2D eigenvalue weighted by Crippen LogP contribution is -2.10. The molecule has 0 bridgehead atoms. The van der Waals surface area contributed by atoms with Crippen molar-refractivity contribution in [3.63, 3.8) is 0 Å². The van der Waals surface area contributed by atoms with E-state index < -0.39 is 35.5 Å². The largest absolute Gasteiger partial charge is 0.469 e. The van der Waals surface area contributed by atoms with Gasteiger partial charge in [0.1, 0.15) is 17.8 Å². The molecule has 11 aromatic heterocycles. The first-order valence-electron chi connectivity index (χ1n) is 28.8. The number of aryl methyl sites for hydroxylation is 17. The summed E-state index contributed by atoms with van der Waals surface area (Å²) in [5.41, 5.74) is 8.38. The maximum atomic E-state index is 12.2. The molecular formula is C66H80ClF9N16O2S2. The van der Waals surface area contributed by atoms with Crippen LogP contribution >= 0.6 is 34.5 Å². The third-order valence-electron chi connectivity index (χ3n) is 12.9. The number of imidazole rings is 1. The molecule has 11 heterocycles. The van der Waals surface area contributed by atoms with Gasteiger partial charge in [-0.05, 0) is 192 Å². The fraction of sp³-hybridized carbons (Fsp3) is 0.333. The molecule has 96 heavy (non-hydrogen) atoms. The van der Waals surface area contributed by atoms with Crippen LogP contribution in [-0.2, 0) is 39.7 Å². The highest BCUT2D eigenvalue weighted by Crippen LogP contribution is 2.33. The van der Waals surface area contributed by atoms with Crippen molar-refractivity contribution in [1.29, 1.82) is 0 Å². The van der Waals surface area contributed by atoms with Crippen LogP contribution in [0.2, 0.25) is 5.02 Å². The Morgan fingerprint density at radius 1 is 0.531 bits per heavy atom. The van der Waals surface area contributed by atoms with E-state index in [0.29, 0.717) is 5.69 Å². The van der Waals surface area contributed by atoms with Crippen LogP contribution in [0.25, 0.3) is 5.69 Å². The number of thiophene rings is 1. The van der Waals surface area contributed by atoms with Crippen molar-refractivity contribution >= 4 is 34.5 Å². The molecule has 0 radical (unpaired) electrons. The summed E-state index contributed by atoms with van der Waals surface area (Å²) in [4.78, 5) is 26.2. The Hall–Kier alpha value is -9.22. The van der Waals surface area contributed by atoms with Crippen LogP contribution in [0.4, 0.5) is 39.5 Å². The smallest absolute Gasteiger partial charge is 0.435 e. The molecule has 0 saturated carbocycles. The lowest BCUT2D eigenvalue weighted by molar-refractivity contribution is -0.142. The molecule has 0 fully saturated rings. The zero-order valence-corrected chi connectivity index (χ0v) is 59.2. The van der Waals surface area contributed by atoms with Crippen molar-refractivity contribution < 1.29 is 48.5 Å². The van der Waals surface area contributed by atoms with E-state index in [2.05, 4.69) is 88.9 Å². The quantitative estimate of drug-likeness (QED) is 0.140. The standard InChI is InChI=1S/C10H11N3.C8H8F3N.C6H7F3N2.C6H5F3N2.C6H10N2.C6H9N.C6H8O.C5H5ClS.C5H6N2.C4H6N2S.C4H5NO/c1-8-9(2)12-13(11-8)10-6-4-3-5-7-10;1-5-6(2)12-4-3-7(5)8(9,10)11;1-4-3-11(2)10-5(4)6(7,8)9;1-4-2-10-3-11-5(4)6(7,8)9;1-5-6(2)8(3)4-7-5;1-6-4-3-5-7(6)2;1-5-3-4-7-6(5)2;1-4-5(6)2-3-7-4;1-5-4-6-2-3-7-5;1-3-4(2)7-6-5-3;1-4-2-3-5-6-4/h3-7H,1-2H3;3-4H,1-2H3;3H,1-2H3;2-3H,1H3;4H,1-3H3;3-5H,1-2H3;3-4H,1-2H3;2-3H,1H3;2-4H,1H3;1-2H3;2-3H,1H3. The molecule has 12 aromatic rings. The number of hydrogen-bond donors (Lipinski definition) is 0. The van der Waals surface area contributed by atoms with Gasteiger partial charge in [0, 0.05) is 97.4 Å². The minimum Gasteiger partial charge on any atom is -0.469 e. The first-order valence-corrected chi connectivity index (χ1v) is 30.8. The fourth-order valence-corrected chi connectivity index (χ4v) is 7.88. The highest BCUT2D eigenvalue weighted by atomic mass is 35.5. The predicted octanol–water partition coefficient (Wildman–Crippen LogP) is 18.1. The van der Waals surface area contributed by atoms with Gasteiger partial charge in [-0.25, -0.2) is 15.0 Å². The number of aromatic nitrogens is 16. The third-order valence-corrected chi connectivity index (χ3v) is 15.0. The zero-order valence-electron chi connectivity index (χ0n) is 56.8. The molecule has 0 aliphatic carbocycles. The number of hydrogen-bond acceptors (Lipinski definition) is 16. The van der Waals surface area contributed by atoms with E-state index in [4.69, 9.17) is 16.0 Å². The SMILES string of the molecule is Cc1cccn1C.Cc1ccno1.Cc1ccoc1C.Cc1cn(C)nc1C(F)(F)F.Cc1cnccn1.Cc1cncnc1C(F)(F)F.Cc1nccc(C(F)(F)F)c1C.Cc1ncn(C)c1C.Cc1nn(-c2ccccc2)nc1C.Cc1nnsc1C.Cc1sccc1Cl. The van der Waals surface area contributed by atoms with Gasteiger partial charge in [0.25, 0.3) is 0 Å². The minimum absolute atomic E-state index is 0.0417. The molecular weight excluding hydrogens is 1320 g/mol. The summed E-state index contributed by atoms with van der Waals surface area (Å²) in [6.07, 6.45) is 3.80. The Morgan fingerprint density at radius 2 is 1.18 bits per heavy atom. The van der Waals surface area contributed by atoms with Crippen LogP contribution in [0.15, 0.2) is 150 Å². The molecule has 0 unspecified atom stereocenters. The van der Waals surface area contributed by atoms with Gasteiger partial charge in [0.15, 0.2) is 11.4 Å². The average Bonchev–Trinajstić information content (AvgIpc) is 1.11. The number of rotatable bonds is 1. The first kappa shape index (κ1) is 82.9. The number of pyridine rings is 1. The predicted molar refractivity (Wildman–Crippen MR) is 357 cm³/mol. The van der Waals surface area contributed by atoms with Crippen molar-refractivity contribution in [3.05, 3.63) is 252 Å². The highest BCUT2D eigenvalue weighted by Gasteiger charge is 2.36. The van der Waals surface area contributed by atoms with Crippen molar-refractivity contribution in [2.75, 3.05) is 0 Å². The van der Waals surface area contributed by atoms with Crippen molar-refractivity contribution in [1.82, 2.24) is 78.6 Å². The Bertz CT molecular complexity index is 3820. The number of furan rings is 1. The molecule has 0 amide bonds. The number of para-hydroxylation sites is 1. The minimum atomic E-state index is -4.37. The summed E-state index contributed by atoms with van der Waals surface area (Å²) in [6.45, 7) is 29.5. The molecule has 0 aliphatic heterocycles. The number of alkyl halides is 9. The van der Waals surface area contributed by atoms with Gasteiger partial charge in [-0.2, -0.15) is 59.6 Å². The van der Waals surface area contributed by atoms with Crippen LogP contribution in [0.3, 0.4) is 0 Å². The van der Waals surface area contributed by atoms with Crippen molar-refractivity contribution in [2.45, 2.75) is 129 Å². The second-order valence-electron chi connectivity index (χ2n) is 20.6. The molecule has 1 aromatic carbocycles. The van der Waals surface area contributed by atoms with Gasteiger partial charge in [-0.15, -0.1) is 16.4 Å². The summed E-state index contributed by atoms with van der Waals surface area (Å²) in [7, 11) is 5.49. The van der Waals surface area contributed by atoms with Gasteiger partial charge >= 0.3 is 18.5 Å². The molecule has 0 atom stereocenters. The van der Waals surface area contributed by atoms with E-state index in [1.165, 1.54) is 78.5 Å². The van der Waals surface area contributed by atoms with Crippen molar-refractivity contribution in [2.24, 2.45) is 21.1 Å². The number of nitrogens with zero attached hydrogens (tertiary/aromatic N) is 16. The average molecular weight is 1400 g/mol. The number of benzene rings is 1. The second-order valence-corrected chi connectivity index (χ2v) is 23.1. The van der Waals surface area contributed by atoms with E-state index in [1.54, 1.807) is 60.2 Å². The van der Waals surface area contributed by atoms with Crippen LogP contribution in [0, 0.1) is 111 Å². The summed E-state index contributed by atoms with van der Waals surface area (Å²) in [5.74, 6) is 1.87. The fourth-order valence-electron chi connectivity index (χ4n) is 6.56. The second kappa shape index (κ2) is 40.9. The highest BCUT2D eigenvalue weighted by molar-refractivity contribution is 7.10. The van der Waals surface area contributed by atoms with Crippen LogP contribution in [0.1, 0.15) is 106 Å². The van der Waals surface area contributed by atoms with E-state index in [1.807, 2.05) is 154 Å². The van der Waals surface area contributed by atoms with E-state index >= 15 is 0 Å². The Labute approximate surface area is 566 Å². The molecule has 18 nitrogen and oxygen atoms in total. The summed E-state index contributed by atoms with van der Waals surface area (Å²) < 4.78 is 127. The normalized spacial score (nSPS) is 10.3. The Balaban J connectivity index is 0.000000363. The molecule has 30 heteroatoms. The topological polar surface area (TPSA) is 201 Å². The molecule has 0 spiro atoms. The van der Waals surface area contributed by atoms with Crippen molar-refractivity contribution in [3.8, 4) is 5.69 Å². The lowest BCUT2D eigenvalue weighted by atomic mass is 10.1. The first-order chi connectivity index (χ1) is 44.8.